The maximum absolute atomic E-state index is 5.24. The van der Waals surface area contributed by atoms with E-state index >= 15 is 0 Å². The lowest BCUT2D eigenvalue weighted by molar-refractivity contribution is 0.116. The van der Waals surface area contributed by atoms with Crippen molar-refractivity contribution in [3.8, 4) is 0 Å². The summed E-state index contributed by atoms with van der Waals surface area (Å²) in [6, 6.07) is 10.7. The van der Waals surface area contributed by atoms with E-state index in [0.29, 0.717) is 11.8 Å². The van der Waals surface area contributed by atoms with Gasteiger partial charge in [-0.2, -0.15) is 0 Å². The van der Waals surface area contributed by atoms with E-state index in [1.807, 2.05) is 0 Å². The topological polar surface area (TPSA) is 21.3 Å². The van der Waals surface area contributed by atoms with Crippen LogP contribution < -0.4 is 5.32 Å². The Labute approximate surface area is 105 Å². The van der Waals surface area contributed by atoms with E-state index < -0.39 is 0 Å². The van der Waals surface area contributed by atoms with Gasteiger partial charge in [0.2, 0.25) is 0 Å². The fraction of sp³-hybridized carbons (Fsp3) is 0.600. The summed E-state index contributed by atoms with van der Waals surface area (Å²) >= 11 is 0. The van der Waals surface area contributed by atoms with Crippen molar-refractivity contribution in [1.29, 1.82) is 0 Å². The van der Waals surface area contributed by atoms with Gasteiger partial charge in [-0.3, -0.25) is 0 Å². The molecule has 0 bridgehead atoms. The third kappa shape index (κ3) is 4.88. The summed E-state index contributed by atoms with van der Waals surface area (Å²) in [6.45, 7) is 8.56. The number of benzene rings is 1. The van der Waals surface area contributed by atoms with Gasteiger partial charge in [-0.1, -0.05) is 44.2 Å². The van der Waals surface area contributed by atoms with Gasteiger partial charge in [-0.25, -0.2) is 0 Å². The summed E-state index contributed by atoms with van der Waals surface area (Å²) in [5.74, 6) is 1.21. The van der Waals surface area contributed by atoms with Gasteiger partial charge in [-0.15, -0.1) is 0 Å². The summed E-state index contributed by atoms with van der Waals surface area (Å²) in [6.07, 6.45) is 0.276. The van der Waals surface area contributed by atoms with Crippen molar-refractivity contribution in [1.82, 2.24) is 5.32 Å². The molecule has 1 aromatic carbocycles. The van der Waals surface area contributed by atoms with Crippen molar-refractivity contribution in [2.45, 2.75) is 32.8 Å². The van der Waals surface area contributed by atoms with Crippen molar-refractivity contribution in [2.24, 2.45) is 5.92 Å². The molecule has 0 aromatic heterocycles. The highest BCUT2D eigenvalue weighted by molar-refractivity contribution is 5.20. The Bertz CT molecular complexity index is 297. The normalized spacial score (nSPS) is 14.9. The average molecular weight is 235 g/mol. The molecule has 1 N–H and O–H groups in total. The van der Waals surface area contributed by atoms with Gasteiger partial charge in [0.1, 0.15) is 0 Å². The molecule has 0 radical (unpaired) electrons. The molecule has 0 aliphatic heterocycles. The Morgan fingerprint density at radius 1 is 1.06 bits per heavy atom. The Kier molecular flexibility index (Phi) is 6.23. The second-order valence-corrected chi connectivity index (χ2v) is 4.97. The molecule has 2 unspecified atom stereocenters. The molecular weight excluding hydrogens is 210 g/mol. The predicted octanol–water partition coefficient (Wildman–Crippen LogP) is 3.05. The Hall–Kier alpha value is -0.860. The van der Waals surface area contributed by atoms with E-state index in [2.05, 4.69) is 56.4 Å². The van der Waals surface area contributed by atoms with Gasteiger partial charge in [0.05, 0.1) is 6.10 Å². The van der Waals surface area contributed by atoms with Gasteiger partial charge in [0.15, 0.2) is 0 Å². The van der Waals surface area contributed by atoms with E-state index in [-0.39, 0.29) is 6.10 Å². The van der Waals surface area contributed by atoms with Crippen molar-refractivity contribution in [2.75, 3.05) is 20.2 Å². The molecule has 0 saturated heterocycles. The molecule has 17 heavy (non-hydrogen) atoms. The molecule has 0 saturated carbocycles. The van der Waals surface area contributed by atoms with Gasteiger partial charge >= 0.3 is 0 Å². The maximum atomic E-state index is 5.24. The van der Waals surface area contributed by atoms with Crippen LogP contribution in [0.1, 0.15) is 32.3 Å². The van der Waals surface area contributed by atoms with Gasteiger partial charge in [0.25, 0.3) is 0 Å². The summed E-state index contributed by atoms with van der Waals surface area (Å²) in [5, 5.41) is 3.49. The zero-order valence-electron chi connectivity index (χ0n) is 11.4. The molecule has 0 spiro atoms. The van der Waals surface area contributed by atoms with Crippen LogP contribution in [0.15, 0.2) is 30.3 Å². The summed E-state index contributed by atoms with van der Waals surface area (Å²) < 4.78 is 5.24. The smallest absolute Gasteiger partial charge is 0.0667 e. The molecule has 1 rings (SSSR count). The summed E-state index contributed by atoms with van der Waals surface area (Å²) in [5.41, 5.74) is 1.42. The lowest BCUT2D eigenvalue weighted by atomic mass is 9.88. The Balaban J connectivity index is 2.50. The quantitative estimate of drug-likeness (QED) is 0.784. The first-order valence-electron chi connectivity index (χ1n) is 6.43. The van der Waals surface area contributed by atoms with E-state index in [9.17, 15) is 0 Å². The molecular formula is C15H25NO. The van der Waals surface area contributed by atoms with E-state index in [4.69, 9.17) is 4.74 Å². The lowest BCUT2D eigenvalue weighted by Crippen LogP contribution is -2.31. The largest absolute Gasteiger partial charge is 0.380 e. The number of ether oxygens (including phenoxy) is 1. The number of hydrogen-bond acceptors (Lipinski definition) is 2. The third-order valence-corrected chi connectivity index (χ3v) is 3.23. The van der Waals surface area contributed by atoms with Crippen LogP contribution in [0.2, 0.25) is 0 Å². The first-order valence-corrected chi connectivity index (χ1v) is 6.43. The molecule has 1 aromatic rings. The first kappa shape index (κ1) is 14.2. The van der Waals surface area contributed by atoms with E-state index in [1.54, 1.807) is 7.11 Å². The minimum Gasteiger partial charge on any atom is -0.380 e. The van der Waals surface area contributed by atoms with Crippen LogP contribution in [0.4, 0.5) is 0 Å². The first-order chi connectivity index (χ1) is 8.15. The van der Waals surface area contributed by atoms with E-state index in [0.717, 1.165) is 13.1 Å². The number of rotatable bonds is 7. The maximum Gasteiger partial charge on any atom is 0.0667 e. The molecule has 0 aliphatic rings. The molecule has 0 fully saturated rings. The highest BCUT2D eigenvalue weighted by Crippen LogP contribution is 2.23. The van der Waals surface area contributed by atoms with Crippen LogP contribution in [-0.4, -0.2) is 26.3 Å². The number of methoxy groups -OCH3 is 1. The SMILES string of the molecule is COC(C)CNCC(c1ccccc1)C(C)C. The van der Waals surface area contributed by atoms with Crippen molar-refractivity contribution >= 4 is 0 Å². The number of nitrogens with one attached hydrogen (secondary N) is 1. The summed E-state index contributed by atoms with van der Waals surface area (Å²) in [7, 11) is 1.75. The fourth-order valence-electron chi connectivity index (χ4n) is 1.96. The Morgan fingerprint density at radius 2 is 1.71 bits per heavy atom. The molecule has 2 heteroatoms. The van der Waals surface area contributed by atoms with Crippen LogP contribution in [0.5, 0.6) is 0 Å². The standard InChI is InChI=1S/C15H25NO/c1-12(2)15(11-16-10-13(3)17-4)14-8-6-5-7-9-14/h5-9,12-13,15-16H,10-11H2,1-4H3. The third-order valence-electron chi connectivity index (χ3n) is 3.23. The number of hydrogen-bond donors (Lipinski definition) is 1. The minimum atomic E-state index is 0.276. The van der Waals surface area contributed by atoms with Gasteiger partial charge < -0.3 is 10.1 Å². The molecule has 0 amide bonds. The predicted molar refractivity (Wildman–Crippen MR) is 73.4 cm³/mol. The highest BCUT2D eigenvalue weighted by atomic mass is 16.5. The van der Waals surface area contributed by atoms with Crippen LogP contribution in [0.3, 0.4) is 0 Å². The monoisotopic (exact) mass is 235 g/mol. The summed E-state index contributed by atoms with van der Waals surface area (Å²) in [4.78, 5) is 0. The van der Waals surface area contributed by atoms with Crippen molar-refractivity contribution in [3.05, 3.63) is 35.9 Å². The zero-order valence-corrected chi connectivity index (χ0v) is 11.4. The second kappa shape index (κ2) is 7.46. The Morgan fingerprint density at radius 3 is 2.24 bits per heavy atom. The van der Waals surface area contributed by atoms with Crippen LogP contribution >= 0.6 is 0 Å². The molecule has 2 atom stereocenters. The molecule has 96 valence electrons. The minimum absolute atomic E-state index is 0.276. The zero-order chi connectivity index (χ0) is 12.7. The van der Waals surface area contributed by atoms with Gasteiger partial charge in [-0.05, 0) is 24.3 Å². The molecule has 0 heterocycles. The molecule has 0 aliphatic carbocycles. The molecule has 2 nitrogen and oxygen atoms in total. The van der Waals surface area contributed by atoms with Crippen LogP contribution in [0, 0.1) is 5.92 Å². The van der Waals surface area contributed by atoms with Crippen LogP contribution in [0.25, 0.3) is 0 Å². The van der Waals surface area contributed by atoms with Gasteiger partial charge in [0, 0.05) is 20.2 Å². The second-order valence-electron chi connectivity index (χ2n) is 4.97. The fourth-order valence-corrected chi connectivity index (χ4v) is 1.96. The van der Waals surface area contributed by atoms with E-state index in [1.165, 1.54) is 5.56 Å². The lowest BCUT2D eigenvalue weighted by Gasteiger charge is -2.22. The van der Waals surface area contributed by atoms with Crippen molar-refractivity contribution < 1.29 is 4.74 Å². The van der Waals surface area contributed by atoms with Crippen LogP contribution in [-0.2, 0) is 4.74 Å². The highest BCUT2D eigenvalue weighted by Gasteiger charge is 2.15. The van der Waals surface area contributed by atoms with Crippen molar-refractivity contribution in [3.63, 3.8) is 0 Å². The average Bonchev–Trinajstić information content (AvgIpc) is 2.34.